The molecule has 4 nitrogen and oxygen atoms in total. The fraction of sp³-hybridized carbons (Fsp3) is 0.286. The van der Waals surface area contributed by atoms with E-state index in [-0.39, 0.29) is 0 Å². The minimum absolute atomic E-state index is 0.368. The molecule has 0 spiro atoms. The number of benzene rings is 1. The second-order valence-corrected chi connectivity index (χ2v) is 10.5. The van der Waals surface area contributed by atoms with Gasteiger partial charge >= 0.3 is 0 Å². The molecule has 0 saturated carbocycles. The third-order valence-corrected chi connectivity index (χ3v) is 8.38. The van der Waals surface area contributed by atoms with E-state index in [9.17, 15) is 8.42 Å². The second kappa shape index (κ2) is 6.90. The highest BCUT2D eigenvalue weighted by molar-refractivity contribution is 9.11. The van der Waals surface area contributed by atoms with Crippen LogP contribution in [0, 0.1) is 0 Å². The van der Waals surface area contributed by atoms with E-state index in [1.54, 1.807) is 18.2 Å². The summed E-state index contributed by atoms with van der Waals surface area (Å²) in [5.41, 5.74) is 0.954. The quantitative estimate of drug-likeness (QED) is 0.691. The van der Waals surface area contributed by atoms with Crippen molar-refractivity contribution in [2.24, 2.45) is 0 Å². The largest absolute Gasteiger partial charge is 0.369 e. The molecule has 0 unspecified atom stereocenters. The number of thiophene rings is 1. The van der Waals surface area contributed by atoms with Gasteiger partial charge in [-0.1, -0.05) is 23.2 Å². The van der Waals surface area contributed by atoms with Gasteiger partial charge in [0.25, 0.3) is 10.0 Å². The van der Waals surface area contributed by atoms with Gasteiger partial charge in [0.2, 0.25) is 0 Å². The number of piperazine rings is 1. The predicted molar refractivity (Wildman–Crippen MR) is 99.5 cm³/mol. The predicted octanol–water partition coefficient (Wildman–Crippen LogP) is 4.33. The molecule has 0 atom stereocenters. The molecule has 1 aliphatic heterocycles. The third kappa shape index (κ3) is 3.70. The van der Waals surface area contributed by atoms with E-state index < -0.39 is 10.0 Å². The van der Waals surface area contributed by atoms with Crippen LogP contribution in [0.5, 0.6) is 0 Å². The van der Waals surface area contributed by atoms with Gasteiger partial charge in [-0.15, -0.1) is 11.3 Å². The van der Waals surface area contributed by atoms with E-state index in [0.29, 0.717) is 40.4 Å². The van der Waals surface area contributed by atoms with Gasteiger partial charge in [-0.05, 0) is 46.3 Å². The van der Waals surface area contributed by atoms with E-state index in [1.807, 2.05) is 12.1 Å². The summed E-state index contributed by atoms with van der Waals surface area (Å²) in [6, 6.07) is 8.85. The van der Waals surface area contributed by atoms with Crippen LogP contribution in [0.1, 0.15) is 0 Å². The standard InChI is InChI=1S/C14H13BrCl2N2O2S2/c15-13-3-4-14(22-13)23(20,21)19-7-5-18(6-8-19)10-1-2-11(16)12(17)9-10/h1-4,9H,5-8H2. The number of hydrogen-bond acceptors (Lipinski definition) is 4. The first-order valence-corrected chi connectivity index (χ1v) is 10.6. The molecule has 2 heterocycles. The molecule has 23 heavy (non-hydrogen) atoms. The normalized spacial score (nSPS) is 16.7. The van der Waals surface area contributed by atoms with Crippen molar-refractivity contribution in [1.29, 1.82) is 0 Å². The number of halogens is 3. The number of hydrogen-bond donors (Lipinski definition) is 0. The average molecular weight is 456 g/mol. The molecular formula is C14H13BrCl2N2O2S2. The number of anilines is 1. The molecule has 1 aromatic heterocycles. The summed E-state index contributed by atoms with van der Waals surface area (Å²) in [5, 5.41) is 1.02. The Morgan fingerprint density at radius 1 is 1.00 bits per heavy atom. The zero-order chi connectivity index (χ0) is 16.6. The summed E-state index contributed by atoms with van der Waals surface area (Å²) in [7, 11) is -3.41. The molecule has 1 aliphatic rings. The van der Waals surface area contributed by atoms with E-state index in [1.165, 1.54) is 15.6 Å². The van der Waals surface area contributed by atoms with E-state index in [4.69, 9.17) is 23.2 Å². The minimum atomic E-state index is -3.41. The van der Waals surface area contributed by atoms with Gasteiger partial charge in [0.1, 0.15) is 4.21 Å². The molecule has 0 bridgehead atoms. The van der Waals surface area contributed by atoms with Crippen LogP contribution in [0.2, 0.25) is 10.0 Å². The maximum Gasteiger partial charge on any atom is 0.252 e. The highest BCUT2D eigenvalue weighted by atomic mass is 79.9. The summed E-state index contributed by atoms with van der Waals surface area (Å²) in [5.74, 6) is 0. The van der Waals surface area contributed by atoms with E-state index >= 15 is 0 Å². The number of sulfonamides is 1. The van der Waals surface area contributed by atoms with Crippen molar-refractivity contribution in [2.75, 3.05) is 31.1 Å². The summed E-state index contributed by atoms with van der Waals surface area (Å²) >= 11 is 16.5. The van der Waals surface area contributed by atoms with Gasteiger partial charge in [0.05, 0.1) is 13.8 Å². The van der Waals surface area contributed by atoms with Gasteiger partial charge < -0.3 is 4.90 Å². The van der Waals surface area contributed by atoms with Crippen LogP contribution < -0.4 is 4.90 Å². The summed E-state index contributed by atoms with van der Waals surface area (Å²) in [4.78, 5) is 2.11. The third-order valence-electron chi connectivity index (χ3n) is 3.65. The van der Waals surface area contributed by atoms with Crippen LogP contribution in [-0.4, -0.2) is 38.9 Å². The first kappa shape index (κ1) is 17.5. The van der Waals surface area contributed by atoms with Crippen molar-refractivity contribution in [2.45, 2.75) is 4.21 Å². The summed E-state index contributed by atoms with van der Waals surface area (Å²) in [6.07, 6.45) is 0. The van der Waals surface area contributed by atoms with E-state index in [0.717, 1.165) is 9.47 Å². The fourth-order valence-corrected chi connectivity index (χ4v) is 6.31. The summed E-state index contributed by atoms with van der Waals surface area (Å²) in [6.45, 7) is 2.11. The topological polar surface area (TPSA) is 40.6 Å². The minimum Gasteiger partial charge on any atom is -0.369 e. The smallest absolute Gasteiger partial charge is 0.252 e. The highest BCUT2D eigenvalue weighted by Gasteiger charge is 2.29. The van der Waals surface area contributed by atoms with Gasteiger partial charge in [-0.25, -0.2) is 8.42 Å². The Kier molecular flexibility index (Phi) is 5.25. The lowest BCUT2D eigenvalue weighted by molar-refractivity contribution is 0.386. The molecule has 124 valence electrons. The zero-order valence-electron chi connectivity index (χ0n) is 11.9. The molecule has 0 amide bonds. The van der Waals surface area contributed by atoms with Crippen LogP contribution in [0.3, 0.4) is 0 Å². The van der Waals surface area contributed by atoms with Crippen LogP contribution in [0.4, 0.5) is 5.69 Å². The van der Waals surface area contributed by atoms with Crippen molar-refractivity contribution >= 4 is 66.2 Å². The molecule has 0 aliphatic carbocycles. The molecule has 9 heteroatoms. The Bertz CT molecular complexity index is 818. The second-order valence-electron chi connectivity index (χ2n) is 5.05. The number of nitrogens with zero attached hydrogens (tertiary/aromatic N) is 2. The van der Waals surface area contributed by atoms with Gasteiger partial charge in [0, 0.05) is 31.9 Å². The average Bonchev–Trinajstić information content (AvgIpc) is 2.97. The molecule has 0 radical (unpaired) electrons. The Balaban J connectivity index is 1.72. The zero-order valence-corrected chi connectivity index (χ0v) is 16.6. The van der Waals surface area contributed by atoms with Crippen LogP contribution in [0.15, 0.2) is 38.3 Å². The van der Waals surface area contributed by atoms with Gasteiger partial charge in [0.15, 0.2) is 0 Å². The first-order chi connectivity index (χ1) is 10.9. The Morgan fingerprint density at radius 3 is 2.26 bits per heavy atom. The maximum absolute atomic E-state index is 12.6. The summed E-state index contributed by atoms with van der Waals surface area (Å²) < 4.78 is 27.9. The van der Waals surface area contributed by atoms with Crippen molar-refractivity contribution in [3.05, 3.63) is 44.2 Å². The van der Waals surface area contributed by atoms with Crippen LogP contribution in [0.25, 0.3) is 0 Å². The molecule has 1 aromatic carbocycles. The van der Waals surface area contributed by atoms with Crippen LogP contribution in [-0.2, 0) is 10.0 Å². The highest BCUT2D eigenvalue weighted by Crippen LogP contribution is 2.31. The number of rotatable bonds is 3. The fourth-order valence-electron chi connectivity index (χ4n) is 2.43. The van der Waals surface area contributed by atoms with Gasteiger partial charge in [-0.3, -0.25) is 0 Å². The first-order valence-electron chi connectivity index (χ1n) is 6.83. The molecular weight excluding hydrogens is 443 g/mol. The van der Waals surface area contributed by atoms with Crippen molar-refractivity contribution in [3.8, 4) is 0 Å². The van der Waals surface area contributed by atoms with Crippen molar-refractivity contribution in [3.63, 3.8) is 0 Å². The Hall–Kier alpha value is -0.310. The van der Waals surface area contributed by atoms with Crippen LogP contribution >= 0.6 is 50.5 Å². The van der Waals surface area contributed by atoms with Crippen molar-refractivity contribution < 1.29 is 8.42 Å². The Morgan fingerprint density at radius 2 is 1.70 bits per heavy atom. The molecule has 0 N–H and O–H groups in total. The monoisotopic (exact) mass is 454 g/mol. The lowest BCUT2D eigenvalue weighted by atomic mass is 10.2. The molecule has 1 fully saturated rings. The molecule has 1 saturated heterocycles. The lowest BCUT2D eigenvalue weighted by Crippen LogP contribution is -2.48. The maximum atomic E-state index is 12.6. The Labute approximate surface area is 157 Å². The lowest BCUT2D eigenvalue weighted by Gasteiger charge is -2.35. The molecule has 3 rings (SSSR count). The van der Waals surface area contributed by atoms with E-state index in [2.05, 4.69) is 20.8 Å². The van der Waals surface area contributed by atoms with Crippen molar-refractivity contribution in [1.82, 2.24) is 4.31 Å². The molecule has 2 aromatic rings. The van der Waals surface area contributed by atoms with Gasteiger partial charge in [-0.2, -0.15) is 4.31 Å². The SMILES string of the molecule is O=S(=O)(c1ccc(Br)s1)N1CCN(c2ccc(Cl)c(Cl)c2)CC1.